The maximum Gasteiger partial charge on any atom is 0.317 e. The zero-order valence-electron chi connectivity index (χ0n) is 11.1. The monoisotopic (exact) mass is 276 g/mol. The molecule has 0 amide bonds. The predicted molar refractivity (Wildman–Crippen MR) is 76.4 cm³/mol. The molecule has 100 valence electrons. The second-order valence-electron chi connectivity index (χ2n) is 4.76. The van der Waals surface area contributed by atoms with Crippen molar-refractivity contribution in [1.82, 2.24) is 10.2 Å². The molecule has 1 heterocycles. The first kappa shape index (κ1) is 13.8. The van der Waals surface area contributed by atoms with Gasteiger partial charge in [0.15, 0.2) is 0 Å². The first-order valence-corrected chi connectivity index (χ1v) is 7.00. The van der Waals surface area contributed by atoms with Gasteiger partial charge in [-0.15, -0.1) is 5.10 Å². The molecule has 0 saturated carbocycles. The van der Waals surface area contributed by atoms with Crippen LogP contribution in [0.25, 0.3) is 10.8 Å². The number of fused-ring (bicyclic) bond motifs is 1. The Labute approximate surface area is 116 Å². The number of aromatic nitrogens is 2. The Morgan fingerprint density at radius 3 is 2.42 bits per heavy atom. The highest BCUT2D eigenvalue weighted by molar-refractivity contribution is 8.00. The van der Waals surface area contributed by atoms with E-state index in [1.54, 1.807) is 0 Å². The summed E-state index contributed by atoms with van der Waals surface area (Å²) in [5.74, 6) is -0.782. The highest BCUT2D eigenvalue weighted by Gasteiger charge is 2.24. The molecule has 2 aromatic rings. The molecule has 0 radical (unpaired) electrons. The van der Waals surface area contributed by atoms with Crippen molar-refractivity contribution in [3.05, 3.63) is 30.0 Å². The van der Waals surface area contributed by atoms with E-state index in [4.69, 9.17) is 0 Å². The second-order valence-corrected chi connectivity index (χ2v) is 5.89. The quantitative estimate of drug-likeness (QED) is 0.869. The van der Waals surface area contributed by atoms with Gasteiger partial charge in [-0.25, -0.2) is 0 Å². The molecule has 1 atom stereocenters. The summed E-state index contributed by atoms with van der Waals surface area (Å²) in [5, 5.41) is 19.7. The van der Waals surface area contributed by atoms with Gasteiger partial charge in [-0.2, -0.15) is 5.10 Å². The number of thioether (sulfide) groups is 1. The van der Waals surface area contributed by atoms with Gasteiger partial charge in [0.1, 0.15) is 10.3 Å². The molecule has 0 fully saturated rings. The summed E-state index contributed by atoms with van der Waals surface area (Å²) in [7, 11) is 0. The first-order valence-electron chi connectivity index (χ1n) is 6.12. The molecule has 4 nitrogen and oxygen atoms in total. The molecule has 0 bridgehead atoms. The summed E-state index contributed by atoms with van der Waals surface area (Å²) in [6.45, 7) is 5.70. The Bertz CT molecular complexity index is 613. The minimum Gasteiger partial charge on any atom is -0.480 e. The van der Waals surface area contributed by atoms with Crippen molar-refractivity contribution in [2.24, 2.45) is 5.92 Å². The maximum absolute atomic E-state index is 11.3. The van der Waals surface area contributed by atoms with Crippen molar-refractivity contribution in [1.29, 1.82) is 0 Å². The lowest BCUT2D eigenvalue weighted by Crippen LogP contribution is -2.22. The third-order valence-corrected chi connectivity index (χ3v) is 4.45. The molecule has 0 saturated heterocycles. The zero-order valence-corrected chi connectivity index (χ0v) is 11.9. The molecule has 1 N–H and O–H groups in total. The van der Waals surface area contributed by atoms with Crippen molar-refractivity contribution in [2.75, 3.05) is 0 Å². The fraction of sp³-hybridized carbons (Fsp3) is 0.357. The van der Waals surface area contributed by atoms with E-state index in [0.717, 1.165) is 16.5 Å². The van der Waals surface area contributed by atoms with E-state index < -0.39 is 11.2 Å². The Kier molecular flexibility index (Phi) is 4.04. The van der Waals surface area contributed by atoms with E-state index in [2.05, 4.69) is 10.2 Å². The van der Waals surface area contributed by atoms with E-state index in [1.165, 1.54) is 11.8 Å². The summed E-state index contributed by atoms with van der Waals surface area (Å²) >= 11 is 1.27. The van der Waals surface area contributed by atoms with Crippen molar-refractivity contribution in [3.63, 3.8) is 0 Å². The van der Waals surface area contributed by atoms with Crippen LogP contribution in [0.15, 0.2) is 29.3 Å². The van der Waals surface area contributed by atoms with Crippen LogP contribution in [-0.4, -0.2) is 26.5 Å². The Morgan fingerprint density at radius 2 is 1.84 bits per heavy atom. The summed E-state index contributed by atoms with van der Waals surface area (Å²) in [6, 6.07) is 7.81. The van der Waals surface area contributed by atoms with Crippen LogP contribution in [0, 0.1) is 12.8 Å². The van der Waals surface area contributed by atoms with Gasteiger partial charge in [-0.1, -0.05) is 49.9 Å². The summed E-state index contributed by atoms with van der Waals surface area (Å²) < 4.78 is 0. The van der Waals surface area contributed by atoms with Gasteiger partial charge >= 0.3 is 5.97 Å². The van der Waals surface area contributed by atoms with E-state index in [1.807, 2.05) is 45.0 Å². The SMILES string of the molecule is Cc1nnc(SC(C(=O)O)C(C)C)c2ccccc12. The van der Waals surface area contributed by atoms with Crippen LogP contribution >= 0.6 is 11.8 Å². The number of rotatable bonds is 4. The van der Waals surface area contributed by atoms with Crippen LogP contribution in [0.2, 0.25) is 0 Å². The normalized spacial score (nSPS) is 12.8. The number of benzene rings is 1. The van der Waals surface area contributed by atoms with Gasteiger partial charge in [-0.05, 0) is 12.8 Å². The number of carboxylic acids is 1. The van der Waals surface area contributed by atoms with Gasteiger partial charge in [-0.3, -0.25) is 4.79 Å². The van der Waals surface area contributed by atoms with Crippen LogP contribution in [-0.2, 0) is 4.79 Å². The highest BCUT2D eigenvalue weighted by Crippen LogP contribution is 2.32. The number of nitrogens with zero attached hydrogens (tertiary/aromatic N) is 2. The van der Waals surface area contributed by atoms with Crippen LogP contribution in [0.1, 0.15) is 19.5 Å². The second kappa shape index (κ2) is 5.57. The van der Waals surface area contributed by atoms with E-state index in [9.17, 15) is 9.90 Å². The zero-order chi connectivity index (χ0) is 14.0. The van der Waals surface area contributed by atoms with Gasteiger partial charge < -0.3 is 5.11 Å². The maximum atomic E-state index is 11.3. The molecular weight excluding hydrogens is 260 g/mol. The Hall–Kier alpha value is -1.62. The molecule has 0 aliphatic rings. The average Bonchev–Trinajstić information content (AvgIpc) is 2.37. The van der Waals surface area contributed by atoms with Gasteiger partial charge in [0.25, 0.3) is 0 Å². The minimum atomic E-state index is -0.813. The summed E-state index contributed by atoms with van der Waals surface area (Å²) in [6.07, 6.45) is 0. The lowest BCUT2D eigenvalue weighted by atomic mass is 10.1. The molecule has 0 aliphatic heterocycles. The van der Waals surface area contributed by atoms with E-state index in [-0.39, 0.29) is 5.92 Å². The summed E-state index contributed by atoms with van der Waals surface area (Å²) in [4.78, 5) is 11.3. The minimum absolute atomic E-state index is 0.0318. The fourth-order valence-corrected chi connectivity index (χ4v) is 2.90. The van der Waals surface area contributed by atoms with E-state index >= 15 is 0 Å². The number of hydrogen-bond donors (Lipinski definition) is 1. The number of carbonyl (C=O) groups is 1. The lowest BCUT2D eigenvalue weighted by Gasteiger charge is -2.15. The third kappa shape index (κ3) is 2.87. The van der Waals surface area contributed by atoms with Gasteiger partial charge in [0.2, 0.25) is 0 Å². The number of carboxylic acid groups (broad SMARTS) is 1. The first-order chi connectivity index (χ1) is 9.00. The standard InChI is InChI=1S/C14H16N2O2S/c1-8(2)12(14(17)18)19-13-11-7-5-4-6-10(11)9(3)15-16-13/h4-8,12H,1-3H3,(H,17,18). The fourth-order valence-electron chi connectivity index (χ4n) is 1.89. The predicted octanol–water partition coefficient (Wildman–Crippen LogP) is 3.14. The van der Waals surface area contributed by atoms with Crippen molar-refractivity contribution < 1.29 is 9.90 Å². The molecule has 0 aliphatic carbocycles. The van der Waals surface area contributed by atoms with Crippen molar-refractivity contribution in [3.8, 4) is 0 Å². The molecular formula is C14H16N2O2S. The Balaban J connectivity index is 2.46. The van der Waals surface area contributed by atoms with Crippen molar-refractivity contribution >= 4 is 28.5 Å². The molecule has 5 heteroatoms. The average molecular weight is 276 g/mol. The molecule has 1 aromatic heterocycles. The van der Waals surface area contributed by atoms with Gasteiger partial charge in [0, 0.05) is 10.8 Å². The molecule has 2 rings (SSSR count). The topological polar surface area (TPSA) is 63.1 Å². The third-order valence-electron chi connectivity index (χ3n) is 2.93. The van der Waals surface area contributed by atoms with E-state index in [0.29, 0.717) is 5.03 Å². The van der Waals surface area contributed by atoms with Gasteiger partial charge in [0.05, 0.1) is 5.69 Å². The smallest absolute Gasteiger partial charge is 0.317 e. The highest BCUT2D eigenvalue weighted by atomic mass is 32.2. The summed E-state index contributed by atoms with van der Waals surface area (Å²) in [5.41, 5.74) is 0.858. The number of hydrogen-bond acceptors (Lipinski definition) is 4. The number of aryl methyl sites for hydroxylation is 1. The van der Waals surface area contributed by atoms with Crippen LogP contribution in [0.4, 0.5) is 0 Å². The van der Waals surface area contributed by atoms with Crippen molar-refractivity contribution in [2.45, 2.75) is 31.0 Å². The van der Waals surface area contributed by atoms with Crippen LogP contribution in [0.5, 0.6) is 0 Å². The lowest BCUT2D eigenvalue weighted by molar-refractivity contribution is -0.137. The molecule has 19 heavy (non-hydrogen) atoms. The molecule has 0 spiro atoms. The van der Waals surface area contributed by atoms with Crippen LogP contribution in [0.3, 0.4) is 0 Å². The van der Waals surface area contributed by atoms with Crippen LogP contribution < -0.4 is 0 Å². The number of aliphatic carboxylic acids is 1. The Morgan fingerprint density at radius 1 is 1.21 bits per heavy atom. The largest absolute Gasteiger partial charge is 0.480 e. The molecule has 1 unspecified atom stereocenters. The molecule has 1 aromatic carbocycles.